The minimum atomic E-state index is -0.528. The third-order valence-corrected chi connectivity index (χ3v) is 0.715. The molecule has 0 aliphatic rings. The average molecular weight is 155 g/mol. The van der Waals surface area contributed by atoms with E-state index >= 15 is 0 Å². The molecular weight excluding hydrogens is 146 g/mol. The number of carbonyl (C=O) groups excluding carboxylic acids is 2. The van der Waals surface area contributed by atoms with Crippen LogP contribution in [0.2, 0.25) is 0 Å². The van der Waals surface area contributed by atoms with Crippen LogP contribution in [0.15, 0.2) is 25.1 Å². The summed E-state index contributed by atoms with van der Waals surface area (Å²) in [5.41, 5.74) is 0. The number of nitrogens with one attached hydrogen (secondary N) is 1. The molecule has 0 aromatic carbocycles. The van der Waals surface area contributed by atoms with Crippen LogP contribution in [-0.4, -0.2) is 11.9 Å². The molecule has 4 nitrogen and oxygen atoms in total. The molecule has 0 aliphatic heterocycles. The van der Waals surface area contributed by atoms with Crippen molar-refractivity contribution < 1.29 is 14.3 Å². The van der Waals surface area contributed by atoms with E-state index in [0.29, 0.717) is 0 Å². The molecule has 0 heterocycles. The van der Waals surface area contributed by atoms with Gasteiger partial charge in [-0.25, -0.2) is 0 Å². The number of esters is 1. The lowest BCUT2D eigenvalue weighted by atomic mass is 10.6. The van der Waals surface area contributed by atoms with Gasteiger partial charge in [0.2, 0.25) is 5.91 Å². The van der Waals surface area contributed by atoms with Crippen molar-refractivity contribution in [2.24, 2.45) is 0 Å². The molecule has 0 rings (SSSR count). The molecule has 1 amide bonds. The summed E-state index contributed by atoms with van der Waals surface area (Å²) in [6.45, 7) is 7.67. The van der Waals surface area contributed by atoms with E-state index in [0.717, 1.165) is 6.08 Å². The van der Waals surface area contributed by atoms with Gasteiger partial charge in [0.05, 0.1) is 0 Å². The third-order valence-electron chi connectivity index (χ3n) is 0.715. The van der Waals surface area contributed by atoms with Crippen LogP contribution in [0.3, 0.4) is 0 Å². The number of hydrogen-bond donors (Lipinski definition) is 1. The minimum Gasteiger partial charge on any atom is -0.410 e. The molecule has 0 saturated carbocycles. The first kappa shape index (κ1) is 9.42. The molecule has 4 heteroatoms. The lowest BCUT2D eigenvalue weighted by Crippen LogP contribution is -2.22. The van der Waals surface area contributed by atoms with Gasteiger partial charge in [0.25, 0.3) is 0 Å². The Labute approximate surface area is 64.5 Å². The molecule has 11 heavy (non-hydrogen) atoms. The van der Waals surface area contributed by atoms with Crippen molar-refractivity contribution >= 4 is 11.9 Å². The molecule has 0 saturated heterocycles. The van der Waals surface area contributed by atoms with Gasteiger partial charge in [0.15, 0.2) is 5.88 Å². The first-order valence-corrected chi connectivity index (χ1v) is 2.87. The average Bonchev–Trinajstić information content (AvgIpc) is 1.85. The second kappa shape index (κ2) is 4.27. The summed E-state index contributed by atoms with van der Waals surface area (Å²) < 4.78 is 4.41. The Balaban J connectivity index is 3.78. The lowest BCUT2D eigenvalue weighted by molar-refractivity contribution is -0.137. The van der Waals surface area contributed by atoms with Crippen LogP contribution < -0.4 is 5.32 Å². The van der Waals surface area contributed by atoms with Gasteiger partial charge in [0, 0.05) is 6.92 Å². The molecule has 1 N–H and O–H groups in total. The fraction of sp³-hybridized carbons (Fsp3) is 0.143. The smallest absolute Gasteiger partial charge is 0.309 e. The zero-order valence-electron chi connectivity index (χ0n) is 6.22. The molecule has 0 atom stereocenters. The van der Waals surface area contributed by atoms with Crippen molar-refractivity contribution in [2.45, 2.75) is 6.92 Å². The number of amides is 1. The highest BCUT2D eigenvalue weighted by Gasteiger charge is 2.00. The van der Waals surface area contributed by atoms with Gasteiger partial charge in [-0.1, -0.05) is 6.58 Å². The SMILES string of the molecule is C=CC(=O)NC(=C)OC(C)=O. The normalized spacial score (nSPS) is 8.09. The second-order valence-electron chi connectivity index (χ2n) is 1.71. The topological polar surface area (TPSA) is 55.4 Å². The highest BCUT2D eigenvalue weighted by atomic mass is 16.5. The van der Waals surface area contributed by atoms with Gasteiger partial charge in [-0.2, -0.15) is 0 Å². The zero-order valence-corrected chi connectivity index (χ0v) is 6.22. The molecule has 0 unspecified atom stereocenters. The van der Waals surface area contributed by atoms with Gasteiger partial charge in [-0.3, -0.25) is 14.9 Å². The van der Waals surface area contributed by atoms with E-state index in [4.69, 9.17) is 0 Å². The molecule has 0 fully saturated rings. The molecule has 60 valence electrons. The maximum absolute atomic E-state index is 10.5. The largest absolute Gasteiger partial charge is 0.410 e. The Hall–Kier alpha value is -1.58. The van der Waals surface area contributed by atoms with Crippen LogP contribution in [0.4, 0.5) is 0 Å². The number of hydrogen-bond acceptors (Lipinski definition) is 3. The first-order chi connectivity index (χ1) is 5.06. The number of ether oxygens (including phenoxy) is 1. The van der Waals surface area contributed by atoms with E-state index < -0.39 is 11.9 Å². The molecule has 0 bridgehead atoms. The summed E-state index contributed by atoms with van der Waals surface area (Å²) in [4.78, 5) is 20.8. The number of rotatable bonds is 3. The van der Waals surface area contributed by atoms with Crippen LogP contribution in [0.25, 0.3) is 0 Å². The molecule has 0 aromatic rings. The van der Waals surface area contributed by atoms with E-state index in [1.165, 1.54) is 6.92 Å². The van der Waals surface area contributed by atoms with Crippen molar-refractivity contribution in [2.75, 3.05) is 0 Å². The van der Waals surface area contributed by atoms with Gasteiger partial charge < -0.3 is 4.74 Å². The molecule has 0 aliphatic carbocycles. The lowest BCUT2D eigenvalue weighted by Gasteiger charge is -2.03. The van der Waals surface area contributed by atoms with Crippen molar-refractivity contribution in [1.29, 1.82) is 0 Å². The Morgan fingerprint density at radius 1 is 1.55 bits per heavy atom. The highest BCUT2D eigenvalue weighted by Crippen LogP contribution is 1.87. The van der Waals surface area contributed by atoms with Crippen molar-refractivity contribution in [1.82, 2.24) is 5.32 Å². The Kier molecular flexibility index (Phi) is 3.66. The second-order valence-corrected chi connectivity index (χ2v) is 1.71. The van der Waals surface area contributed by atoms with Gasteiger partial charge in [-0.15, -0.1) is 0 Å². The van der Waals surface area contributed by atoms with Crippen LogP contribution >= 0.6 is 0 Å². The maximum Gasteiger partial charge on any atom is 0.309 e. The standard InChI is InChI=1S/C7H9NO3/c1-4-7(10)8-5(2)11-6(3)9/h4H,1-2H2,3H3,(H,8,10). The predicted octanol–water partition coefficient (Wildman–Crippen LogP) is 0.323. The van der Waals surface area contributed by atoms with Crippen LogP contribution in [0.5, 0.6) is 0 Å². The van der Waals surface area contributed by atoms with Crippen LogP contribution in [0.1, 0.15) is 6.92 Å². The highest BCUT2D eigenvalue weighted by molar-refractivity contribution is 5.88. The molecular formula is C7H9NO3. The summed E-state index contributed by atoms with van der Waals surface area (Å²) in [6, 6.07) is 0. The summed E-state index contributed by atoms with van der Waals surface area (Å²) >= 11 is 0. The summed E-state index contributed by atoms with van der Waals surface area (Å²) in [7, 11) is 0. The van der Waals surface area contributed by atoms with E-state index in [1.807, 2.05) is 0 Å². The molecule has 0 radical (unpaired) electrons. The fourth-order valence-corrected chi connectivity index (χ4v) is 0.387. The van der Waals surface area contributed by atoms with Crippen LogP contribution in [0, 0.1) is 0 Å². The third kappa shape index (κ3) is 4.90. The van der Waals surface area contributed by atoms with Crippen molar-refractivity contribution in [3.8, 4) is 0 Å². The van der Waals surface area contributed by atoms with Crippen LogP contribution in [-0.2, 0) is 14.3 Å². The van der Waals surface area contributed by atoms with Gasteiger partial charge >= 0.3 is 5.97 Å². The Morgan fingerprint density at radius 3 is 2.45 bits per heavy atom. The van der Waals surface area contributed by atoms with Crippen molar-refractivity contribution in [3.63, 3.8) is 0 Å². The zero-order chi connectivity index (χ0) is 8.85. The van der Waals surface area contributed by atoms with Crippen molar-refractivity contribution in [3.05, 3.63) is 25.1 Å². The van der Waals surface area contributed by atoms with E-state index in [9.17, 15) is 9.59 Å². The summed E-state index contributed by atoms with van der Waals surface area (Å²) in [5, 5.41) is 2.17. The quantitative estimate of drug-likeness (QED) is 0.363. The minimum absolute atomic E-state index is 0.0950. The summed E-state index contributed by atoms with van der Waals surface area (Å²) in [6.07, 6.45) is 1.05. The Morgan fingerprint density at radius 2 is 2.09 bits per heavy atom. The molecule has 0 aromatic heterocycles. The maximum atomic E-state index is 10.5. The van der Waals surface area contributed by atoms with Gasteiger partial charge in [-0.05, 0) is 12.7 Å². The van der Waals surface area contributed by atoms with E-state index in [1.54, 1.807) is 0 Å². The molecule has 0 spiro atoms. The fourth-order valence-electron chi connectivity index (χ4n) is 0.387. The van der Waals surface area contributed by atoms with E-state index in [2.05, 4.69) is 23.2 Å². The summed E-state index contributed by atoms with van der Waals surface area (Å²) in [5.74, 6) is -1.09. The number of carbonyl (C=O) groups is 2. The van der Waals surface area contributed by atoms with Gasteiger partial charge in [0.1, 0.15) is 0 Å². The monoisotopic (exact) mass is 155 g/mol. The predicted molar refractivity (Wildman–Crippen MR) is 39.2 cm³/mol. The Bertz CT molecular complexity index is 208. The first-order valence-electron chi connectivity index (χ1n) is 2.87. The van der Waals surface area contributed by atoms with E-state index in [-0.39, 0.29) is 5.88 Å².